The van der Waals surface area contributed by atoms with E-state index in [1.54, 1.807) is 12.1 Å². The van der Waals surface area contributed by atoms with E-state index in [2.05, 4.69) is 74.7 Å². The van der Waals surface area contributed by atoms with Crippen molar-refractivity contribution in [3.05, 3.63) is 76.9 Å². The molecule has 152 valence electrons. The molecule has 0 heterocycles. The van der Waals surface area contributed by atoms with Crippen LogP contribution in [0.2, 0.25) is 18.1 Å². The molecule has 29 heavy (non-hydrogen) atoms. The van der Waals surface area contributed by atoms with E-state index in [1.807, 2.05) is 24.3 Å². The summed E-state index contributed by atoms with van der Waals surface area (Å²) in [7, 11) is -0.360. The quantitative estimate of drug-likeness (QED) is 0.344. The Kier molecular flexibility index (Phi) is 7.61. The number of esters is 1. The van der Waals surface area contributed by atoms with Crippen molar-refractivity contribution in [2.45, 2.75) is 45.5 Å². The van der Waals surface area contributed by atoms with Crippen molar-refractivity contribution in [1.82, 2.24) is 0 Å². The number of benzene rings is 2. The molecule has 0 bridgehead atoms. The smallest absolute Gasteiger partial charge is 0.337 e. The van der Waals surface area contributed by atoms with Gasteiger partial charge in [-0.3, -0.25) is 0 Å². The first-order valence-corrected chi connectivity index (χ1v) is 12.6. The molecule has 0 unspecified atom stereocenters. The Hall–Kier alpha value is -2.61. The first-order chi connectivity index (χ1) is 13.6. The third-order valence-corrected chi connectivity index (χ3v) is 9.75. The number of ether oxygens (including phenoxy) is 1. The molecule has 3 nitrogen and oxygen atoms in total. The minimum absolute atomic E-state index is 0.216. The summed E-state index contributed by atoms with van der Waals surface area (Å²) in [6, 6.07) is 15.4. The van der Waals surface area contributed by atoms with Crippen molar-refractivity contribution in [3.8, 4) is 11.8 Å². The van der Waals surface area contributed by atoms with Crippen molar-refractivity contribution in [1.29, 1.82) is 0 Å². The van der Waals surface area contributed by atoms with Crippen molar-refractivity contribution in [2.75, 3.05) is 7.11 Å². The van der Waals surface area contributed by atoms with Crippen LogP contribution < -0.4 is 0 Å². The van der Waals surface area contributed by atoms with E-state index in [4.69, 9.17) is 4.43 Å². The van der Waals surface area contributed by atoms with Gasteiger partial charge < -0.3 is 9.16 Å². The molecule has 0 fully saturated rings. The van der Waals surface area contributed by atoms with E-state index in [-0.39, 0.29) is 11.0 Å². The zero-order chi connectivity index (χ0) is 21.5. The first kappa shape index (κ1) is 22.7. The number of rotatable bonds is 5. The number of hydrogen-bond acceptors (Lipinski definition) is 3. The second-order valence-electron chi connectivity index (χ2n) is 8.46. The van der Waals surface area contributed by atoms with Gasteiger partial charge in [0.25, 0.3) is 0 Å². The third-order valence-electron chi connectivity index (χ3n) is 5.27. The Morgan fingerprint density at radius 1 is 1.03 bits per heavy atom. The van der Waals surface area contributed by atoms with E-state index in [9.17, 15) is 4.79 Å². The van der Waals surface area contributed by atoms with Crippen LogP contribution in [0.25, 0.3) is 6.08 Å². The number of carbonyl (C=O) groups is 1. The first-order valence-electron chi connectivity index (χ1n) is 9.72. The van der Waals surface area contributed by atoms with Crippen LogP contribution in [-0.2, 0) is 15.8 Å². The summed E-state index contributed by atoms with van der Waals surface area (Å²) in [5, 5.41) is 0.216. The highest BCUT2D eigenvalue weighted by molar-refractivity contribution is 6.74. The van der Waals surface area contributed by atoms with Crippen LogP contribution in [0.4, 0.5) is 0 Å². The molecule has 0 aromatic heterocycles. The molecule has 0 atom stereocenters. The number of carbonyl (C=O) groups excluding carboxylic acids is 1. The average Bonchev–Trinajstić information content (AvgIpc) is 2.69. The number of methoxy groups -OCH3 is 1. The van der Waals surface area contributed by atoms with Gasteiger partial charge in [0.2, 0.25) is 0 Å². The van der Waals surface area contributed by atoms with Gasteiger partial charge >= 0.3 is 5.97 Å². The van der Waals surface area contributed by atoms with Gasteiger partial charge in [0, 0.05) is 5.56 Å². The molecule has 0 amide bonds. The predicted octanol–water partition coefficient (Wildman–Crippen LogP) is 6.06. The van der Waals surface area contributed by atoms with Crippen LogP contribution in [0.1, 0.15) is 47.8 Å². The van der Waals surface area contributed by atoms with E-state index in [0.29, 0.717) is 12.2 Å². The lowest BCUT2D eigenvalue weighted by molar-refractivity contribution is 0.0600. The van der Waals surface area contributed by atoms with Crippen LogP contribution in [0, 0.1) is 11.8 Å². The molecular formula is C25H30O3Si. The normalized spacial score (nSPS) is 11.8. The molecular weight excluding hydrogens is 376 g/mol. The van der Waals surface area contributed by atoms with E-state index in [1.165, 1.54) is 12.7 Å². The molecule has 0 saturated carbocycles. The van der Waals surface area contributed by atoms with Crippen molar-refractivity contribution >= 4 is 20.4 Å². The second kappa shape index (κ2) is 9.73. The lowest BCUT2D eigenvalue weighted by atomic mass is 10.1. The van der Waals surface area contributed by atoms with Gasteiger partial charge in [0.05, 0.1) is 19.3 Å². The van der Waals surface area contributed by atoms with Crippen molar-refractivity contribution in [3.63, 3.8) is 0 Å². The summed E-state index contributed by atoms with van der Waals surface area (Å²) in [6.07, 6.45) is 3.81. The SMILES string of the molecule is COC(=O)c1ccc(C#CC=Cc2ccc(CO[Si](C)(C)C(C)(C)C)cc2)cc1. The highest BCUT2D eigenvalue weighted by Gasteiger charge is 2.36. The molecule has 0 N–H and O–H groups in total. The standard InChI is InChI=1S/C25H30O3Si/c1-25(2,3)29(5,6)28-19-22-13-11-20(12-14-22)9-7-8-10-21-15-17-23(18-16-21)24(26)27-4/h7,9,11-18H,19H2,1-6H3. The topological polar surface area (TPSA) is 35.5 Å². The highest BCUT2D eigenvalue weighted by Crippen LogP contribution is 2.37. The van der Waals surface area contributed by atoms with Crippen LogP contribution in [-0.4, -0.2) is 21.4 Å². The number of allylic oxidation sites excluding steroid dienone is 1. The molecule has 2 aromatic rings. The molecule has 0 spiro atoms. The van der Waals surface area contributed by atoms with E-state index < -0.39 is 8.32 Å². The summed E-state index contributed by atoms with van der Waals surface area (Å²) in [5.74, 6) is 5.74. The van der Waals surface area contributed by atoms with Gasteiger partial charge in [-0.2, -0.15) is 0 Å². The van der Waals surface area contributed by atoms with E-state index >= 15 is 0 Å². The number of hydrogen-bond donors (Lipinski definition) is 0. The summed E-state index contributed by atoms with van der Waals surface area (Å²) in [6.45, 7) is 11.9. The maximum absolute atomic E-state index is 11.4. The van der Waals surface area contributed by atoms with Crippen LogP contribution in [0.15, 0.2) is 54.6 Å². The summed E-state index contributed by atoms with van der Waals surface area (Å²) < 4.78 is 11.0. The van der Waals surface area contributed by atoms with Crippen LogP contribution >= 0.6 is 0 Å². The Morgan fingerprint density at radius 3 is 2.21 bits per heavy atom. The molecule has 0 saturated heterocycles. The molecule has 0 radical (unpaired) electrons. The summed E-state index contributed by atoms with van der Waals surface area (Å²) >= 11 is 0. The third kappa shape index (κ3) is 6.74. The molecule has 0 aliphatic rings. The molecule has 2 aromatic carbocycles. The Labute approximate surface area is 175 Å². The van der Waals surface area contributed by atoms with Gasteiger partial charge in [-0.15, -0.1) is 0 Å². The Balaban J connectivity index is 1.92. The fourth-order valence-corrected chi connectivity index (χ4v) is 3.24. The summed E-state index contributed by atoms with van der Waals surface area (Å²) in [4.78, 5) is 11.4. The highest BCUT2D eigenvalue weighted by atomic mass is 28.4. The molecule has 4 heteroatoms. The van der Waals surface area contributed by atoms with Gasteiger partial charge in [0.1, 0.15) is 0 Å². The van der Waals surface area contributed by atoms with Crippen molar-refractivity contribution < 1.29 is 14.0 Å². The average molecular weight is 407 g/mol. The fourth-order valence-electron chi connectivity index (χ4n) is 2.28. The largest absolute Gasteiger partial charge is 0.465 e. The Morgan fingerprint density at radius 2 is 1.66 bits per heavy atom. The predicted molar refractivity (Wildman–Crippen MR) is 122 cm³/mol. The van der Waals surface area contributed by atoms with Crippen LogP contribution in [0.5, 0.6) is 0 Å². The lowest BCUT2D eigenvalue weighted by Crippen LogP contribution is -2.40. The van der Waals surface area contributed by atoms with Crippen molar-refractivity contribution in [2.24, 2.45) is 0 Å². The molecule has 0 aliphatic carbocycles. The maximum atomic E-state index is 11.4. The monoisotopic (exact) mass is 406 g/mol. The van der Waals surface area contributed by atoms with E-state index in [0.717, 1.165) is 11.1 Å². The van der Waals surface area contributed by atoms with Gasteiger partial charge in [-0.05, 0) is 65.7 Å². The molecule has 0 aliphatic heterocycles. The molecule has 2 rings (SSSR count). The van der Waals surface area contributed by atoms with Gasteiger partial charge in [-0.1, -0.05) is 56.9 Å². The zero-order valence-corrected chi connectivity index (χ0v) is 19.2. The fraction of sp³-hybridized carbons (Fsp3) is 0.320. The van der Waals surface area contributed by atoms with Gasteiger partial charge in [0.15, 0.2) is 8.32 Å². The minimum Gasteiger partial charge on any atom is -0.465 e. The van der Waals surface area contributed by atoms with Crippen LogP contribution in [0.3, 0.4) is 0 Å². The lowest BCUT2D eigenvalue weighted by Gasteiger charge is -2.36. The minimum atomic E-state index is -1.73. The van der Waals surface area contributed by atoms with Gasteiger partial charge in [-0.25, -0.2) is 4.79 Å². The zero-order valence-electron chi connectivity index (χ0n) is 18.2. The summed E-state index contributed by atoms with van der Waals surface area (Å²) in [5.41, 5.74) is 3.65. The second-order valence-corrected chi connectivity index (χ2v) is 13.3. The maximum Gasteiger partial charge on any atom is 0.337 e. The Bertz CT molecular complexity index is 906.